The van der Waals surface area contributed by atoms with Crippen LogP contribution in [0.3, 0.4) is 0 Å². The molecular formula is C14H20N2O2. The van der Waals surface area contributed by atoms with Gasteiger partial charge in [-0.05, 0) is 36.6 Å². The Bertz CT molecular complexity index is 445. The highest BCUT2D eigenvalue weighted by atomic mass is 16.5. The van der Waals surface area contributed by atoms with E-state index in [1.165, 1.54) is 5.56 Å². The summed E-state index contributed by atoms with van der Waals surface area (Å²) in [6.45, 7) is 3.00. The van der Waals surface area contributed by atoms with Crippen molar-refractivity contribution in [1.82, 2.24) is 0 Å². The van der Waals surface area contributed by atoms with Gasteiger partial charge in [-0.25, -0.2) is 0 Å². The second-order valence-electron chi connectivity index (χ2n) is 4.78. The number of nitrogens with zero attached hydrogens (tertiary/aromatic N) is 1. The maximum absolute atomic E-state index is 12.1. The Labute approximate surface area is 108 Å². The van der Waals surface area contributed by atoms with E-state index in [4.69, 9.17) is 10.5 Å². The van der Waals surface area contributed by atoms with E-state index in [-0.39, 0.29) is 11.8 Å². The van der Waals surface area contributed by atoms with Crippen LogP contribution in [0.1, 0.15) is 18.9 Å². The summed E-state index contributed by atoms with van der Waals surface area (Å²) in [6, 6.07) is 5.90. The van der Waals surface area contributed by atoms with Gasteiger partial charge in [0, 0.05) is 25.2 Å². The number of aryl methyl sites for hydroxylation is 1. The first kappa shape index (κ1) is 12.9. The highest BCUT2D eigenvalue weighted by Gasteiger charge is 2.19. The van der Waals surface area contributed by atoms with E-state index < -0.39 is 0 Å². The lowest BCUT2D eigenvalue weighted by Crippen LogP contribution is -2.35. The van der Waals surface area contributed by atoms with Crippen molar-refractivity contribution in [3.05, 3.63) is 23.8 Å². The number of hydrogen-bond acceptors (Lipinski definition) is 3. The minimum atomic E-state index is -0.151. The predicted molar refractivity (Wildman–Crippen MR) is 71.9 cm³/mol. The van der Waals surface area contributed by atoms with Crippen molar-refractivity contribution in [2.45, 2.75) is 19.8 Å². The molecule has 1 aliphatic heterocycles. The van der Waals surface area contributed by atoms with Crippen molar-refractivity contribution in [3.63, 3.8) is 0 Å². The fraction of sp³-hybridized carbons (Fsp3) is 0.500. The second-order valence-corrected chi connectivity index (χ2v) is 4.78. The first-order valence-corrected chi connectivity index (χ1v) is 6.37. The topological polar surface area (TPSA) is 55.6 Å². The van der Waals surface area contributed by atoms with Crippen LogP contribution in [0, 0.1) is 5.92 Å². The third-order valence-corrected chi connectivity index (χ3v) is 3.39. The number of carbonyl (C=O) groups is 1. The van der Waals surface area contributed by atoms with Crippen LogP contribution in [0.5, 0.6) is 5.75 Å². The van der Waals surface area contributed by atoms with Crippen LogP contribution in [-0.4, -0.2) is 26.1 Å². The summed E-state index contributed by atoms with van der Waals surface area (Å²) in [5.41, 5.74) is 7.62. The zero-order chi connectivity index (χ0) is 13.1. The fourth-order valence-electron chi connectivity index (χ4n) is 2.11. The molecule has 1 aliphatic rings. The quantitative estimate of drug-likeness (QED) is 0.883. The SMILES string of the molecule is CC(CN)C(=O)N(C)c1ccc2c(c1)CCCO2. The van der Waals surface area contributed by atoms with Gasteiger partial charge in [-0.15, -0.1) is 0 Å². The molecule has 2 rings (SSSR count). The number of carbonyl (C=O) groups excluding carboxylic acids is 1. The molecule has 0 aromatic heterocycles. The molecule has 0 saturated heterocycles. The number of nitrogens with two attached hydrogens (primary N) is 1. The molecule has 1 aromatic carbocycles. The van der Waals surface area contributed by atoms with Gasteiger partial charge in [0.1, 0.15) is 5.75 Å². The number of anilines is 1. The van der Waals surface area contributed by atoms with Gasteiger partial charge in [0.15, 0.2) is 0 Å². The zero-order valence-electron chi connectivity index (χ0n) is 11.0. The average Bonchev–Trinajstić information content (AvgIpc) is 2.44. The third-order valence-electron chi connectivity index (χ3n) is 3.39. The number of benzene rings is 1. The van der Waals surface area contributed by atoms with E-state index in [2.05, 4.69) is 0 Å². The van der Waals surface area contributed by atoms with Gasteiger partial charge in [0.05, 0.1) is 6.61 Å². The Balaban J connectivity index is 2.20. The van der Waals surface area contributed by atoms with E-state index in [0.717, 1.165) is 30.9 Å². The summed E-state index contributed by atoms with van der Waals surface area (Å²) in [7, 11) is 1.79. The Morgan fingerprint density at radius 1 is 1.56 bits per heavy atom. The largest absolute Gasteiger partial charge is 0.493 e. The molecular weight excluding hydrogens is 228 g/mol. The molecule has 0 saturated carbocycles. The summed E-state index contributed by atoms with van der Waals surface area (Å²) in [5.74, 6) is 0.842. The lowest BCUT2D eigenvalue weighted by Gasteiger charge is -2.23. The van der Waals surface area contributed by atoms with Gasteiger partial charge in [-0.3, -0.25) is 4.79 Å². The maximum atomic E-state index is 12.1. The first-order valence-electron chi connectivity index (χ1n) is 6.37. The molecule has 0 fully saturated rings. The molecule has 0 aliphatic carbocycles. The van der Waals surface area contributed by atoms with E-state index in [1.54, 1.807) is 11.9 Å². The molecule has 1 unspecified atom stereocenters. The normalized spacial score (nSPS) is 15.5. The molecule has 1 heterocycles. The van der Waals surface area contributed by atoms with Crippen molar-refractivity contribution >= 4 is 11.6 Å². The maximum Gasteiger partial charge on any atom is 0.230 e. The molecule has 1 aromatic rings. The molecule has 1 amide bonds. The molecule has 98 valence electrons. The summed E-state index contributed by atoms with van der Waals surface area (Å²) >= 11 is 0. The van der Waals surface area contributed by atoms with Gasteiger partial charge < -0.3 is 15.4 Å². The highest BCUT2D eigenvalue weighted by molar-refractivity contribution is 5.94. The van der Waals surface area contributed by atoms with Crippen molar-refractivity contribution in [2.75, 3.05) is 25.1 Å². The molecule has 4 heteroatoms. The van der Waals surface area contributed by atoms with Crippen LogP contribution in [0.4, 0.5) is 5.69 Å². The molecule has 18 heavy (non-hydrogen) atoms. The number of rotatable bonds is 3. The van der Waals surface area contributed by atoms with Crippen LogP contribution >= 0.6 is 0 Å². The Morgan fingerprint density at radius 2 is 2.33 bits per heavy atom. The van der Waals surface area contributed by atoms with E-state index in [1.807, 2.05) is 25.1 Å². The molecule has 0 radical (unpaired) electrons. The fourth-order valence-corrected chi connectivity index (χ4v) is 2.11. The number of ether oxygens (including phenoxy) is 1. The Kier molecular flexibility index (Phi) is 3.87. The molecule has 2 N–H and O–H groups in total. The number of hydrogen-bond donors (Lipinski definition) is 1. The summed E-state index contributed by atoms with van der Waals surface area (Å²) in [5, 5.41) is 0. The lowest BCUT2D eigenvalue weighted by molar-refractivity contribution is -0.121. The standard InChI is InChI=1S/C14H20N2O2/c1-10(9-15)14(17)16(2)12-5-6-13-11(8-12)4-3-7-18-13/h5-6,8,10H,3-4,7,9,15H2,1-2H3. The van der Waals surface area contributed by atoms with Crippen LogP contribution < -0.4 is 15.4 Å². The summed E-state index contributed by atoms with van der Waals surface area (Å²) in [6.07, 6.45) is 2.05. The molecule has 0 spiro atoms. The van der Waals surface area contributed by atoms with E-state index in [0.29, 0.717) is 6.54 Å². The molecule has 0 bridgehead atoms. The Morgan fingerprint density at radius 3 is 3.06 bits per heavy atom. The third kappa shape index (κ3) is 2.48. The van der Waals surface area contributed by atoms with Crippen LogP contribution in [0.25, 0.3) is 0 Å². The van der Waals surface area contributed by atoms with Gasteiger partial charge in [-0.2, -0.15) is 0 Å². The lowest BCUT2D eigenvalue weighted by atomic mass is 10.0. The summed E-state index contributed by atoms with van der Waals surface area (Å²) in [4.78, 5) is 13.7. The van der Waals surface area contributed by atoms with Gasteiger partial charge in [0.2, 0.25) is 5.91 Å². The van der Waals surface area contributed by atoms with Crippen molar-refractivity contribution in [1.29, 1.82) is 0 Å². The van der Waals surface area contributed by atoms with E-state index >= 15 is 0 Å². The first-order chi connectivity index (χ1) is 8.63. The van der Waals surface area contributed by atoms with Crippen LogP contribution in [0.2, 0.25) is 0 Å². The van der Waals surface area contributed by atoms with Crippen molar-refractivity contribution < 1.29 is 9.53 Å². The summed E-state index contributed by atoms with van der Waals surface area (Å²) < 4.78 is 5.56. The number of amides is 1. The Hall–Kier alpha value is -1.55. The predicted octanol–water partition coefficient (Wildman–Crippen LogP) is 1.57. The average molecular weight is 248 g/mol. The smallest absolute Gasteiger partial charge is 0.230 e. The molecule has 1 atom stereocenters. The zero-order valence-corrected chi connectivity index (χ0v) is 11.0. The van der Waals surface area contributed by atoms with Crippen LogP contribution in [-0.2, 0) is 11.2 Å². The monoisotopic (exact) mass is 248 g/mol. The van der Waals surface area contributed by atoms with Gasteiger partial charge in [-0.1, -0.05) is 6.92 Å². The highest BCUT2D eigenvalue weighted by Crippen LogP contribution is 2.29. The van der Waals surface area contributed by atoms with Crippen LogP contribution in [0.15, 0.2) is 18.2 Å². The second kappa shape index (κ2) is 5.40. The van der Waals surface area contributed by atoms with Gasteiger partial charge >= 0.3 is 0 Å². The van der Waals surface area contributed by atoms with Crippen molar-refractivity contribution in [3.8, 4) is 5.75 Å². The minimum Gasteiger partial charge on any atom is -0.493 e. The molecule has 4 nitrogen and oxygen atoms in total. The number of fused-ring (bicyclic) bond motifs is 1. The van der Waals surface area contributed by atoms with E-state index in [9.17, 15) is 4.79 Å². The minimum absolute atomic E-state index is 0.0502. The van der Waals surface area contributed by atoms with Crippen molar-refractivity contribution in [2.24, 2.45) is 11.7 Å². The van der Waals surface area contributed by atoms with Gasteiger partial charge in [0.25, 0.3) is 0 Å².